The Bertz CT molecular complexity index is 614. The molecule has 0 saturated carbocycles. The molecule has 0 bridgehead atoms. The van der Waals surface area contributed by atoms with Gasteiger partial charge < -0.3 is 10.1 Å². The zero-order valence-corrected chi connectivity index (χ0v) is 10.8. The van der Waals surface area contributed by atoms with Gasteiger partial charge in [-0.25, -0.2) is 0 Å². The Kier molecular flexibility index (Phi) is 4.14. The number of nitro benzene ring substituents is 1. The van der Waals surface area contributed by atoms with E-state index in [1.807, 2.05) is 12.1 Å². The van der Waals surface area contributed by atoms with Gasteiger partial charge >= 0.3 is 5.69 Å². The largest absolute Gasteiger partial charge is 0.489 e. The van der Waals surface area contributed by atoms with E-state index in [2.05, 4.69) is 5.32 Å². The zero-order chi connectivity index (χ0) is 14.5. The van der Waals surface area contributed by atoms with Gasteiger partial charge in [0.05, 0.1) is 4.92 Å². The number of benzene rings is 2. The second-order valence-corrected chi connectivity index (χ2v) is 4.07. The standard InChI is InChI=1S/C14H13FN2O3/c1-16-11-5-7-12(8-6-11)20-9-10-3-2-4-13(14(10)15)17(18)19/h2-8,16H,9H2,1H3. The molecule has 0 radical (unpaired) electrons. The van der Waals surface area contributed by atoms with Gasteiger partial charge in [-0.3, -0.25) is 10.1 Å². The maximum atomic E-state index is 13.8. The average molecular weight is 276 g/mol. The van der Waals surface area contributed by atoms with Crippen LogP contribution in [0.5, 0.6) is 5.75 Å². The topological polar surface area (TPSA) is 64.4 Å². The van der Waals surface area contributed by atoms with Gasteiger partial charge in [0.25, 0.3) is 0 Å². The Balaban J connectivity index is 2.10. The van der Waals surface area contributed by atoms with Crippen LogP contribution in [0.15, 0.2) is 42.5 Å². The lowest BCUT2D eigenvalue weighted by Gasteiger charge is -2.08. The summed E-state index contributed by atoms with van der Waals surface area (Å²) in [5.41, 5.74) is 0.535. The van der Waals surface area contributed by atoms with Crippen LogP contribution in [0.2, 0.25) is 0 Å². The molecule has 0 amide bonds. The third kappa shape index (κ3) is 3.03. The highest BCUT2D eigenvalue weighted by atomic mass is 19.1. The molecule has 6 heteroatoms. The van der Waals surface area contributed by atoms with E-state index in [4.69, 9.17) is 4.74 Å². The summed E-state index contributed by atoms with van der Waals surface area (Å²) in [6, 6.07) is 11.1. The van der Waals surface area contributed by atoms with E-state index in [0.717, 1.165) is 11.8 Å². The van der Waals surface area contributed by atoms with Gasteiger partial charge in [-0.15, -0.1) is 0 Å². The Morgan fingerprint density at radius 2 is 1.95 bits per heavy atom. The molecule has 2 rings (SSSR count). The molecule has 0 aliphatic heterocycles. The van der Waals surface area contributed by atoms with Crippen LogP contribution in [0.1, 0.15) is 5.56 Å². The van der Waals surface area contributed by atoms with Crippen molar-refractivity contribution in [3.63, 3.8) is 0 Å². The minimum Gasteiger partial charge on any atom is -0.489 e. The summed E-state index contributed by atoms with van der Waals surface area (Å²) in [4.78, 5) is 9.89. The first kappa shape index (κ1) is 13.8. The molecule has 1 N–H and O–H groups in total. The normalized spacial score (nSPS) is 10.1. The molecular weight excluding hydrogens is 263 g/mol. The molecule has 0 aliphatic carbocycles. The monoisotopic (exact) mass is 276 g/mol. The van der Waals surface area contributed by atoms with E-state index in [1.54, 1.807) is 19.2 Å². The summed E-state index contributed by atoms with van der Waals surface area (Å²) < 4.78 is 19.2. The summed E-state index contributed by atoms with van der Waals surface area (Å²) >= 11 is 0. The van der Waals surface area contributed by atoms with Crippen LogP contribution in [-0.4, -0.2) is 12.0 Å². The second-order valence-electron chi connectivity index (χ2n) is 4.07. The van der Waals surface area contributed by atoms with Gasteiger partial charge in [0.15, 0.2) is 0 Å². The predicted octanol–water partition coefficient (Wildman–Crippen LogP) is 3.35. The first-order valence-corrected chi connectivity index (χ1v) is 5.94. The summed E-state index contributed by atoms with van der Waals surface area (Å²) in [5.74, 6) is -0.292. The first-order chi connectivity index (χ1) is 9.61. The van der Waals surface area contributed by atoms with Gasteiger partial charge in [-0.05, 0) is 24.3 Å². The number of rotatable bonds is 5. The summed E-state index contributed by atoms with van der Waals surface area (Å²) in [7, 11) is 1.80. The van der Waals surface area contributed by atoms with E-state index in [1.165, 1.54) is 12.1 Å². The Hall–Kier alpha value is -2.63. The third-order valence-electron chi connectivity index (χ3n) is 2.79. The van der Waals surface area contributed by atoms with Crippen molar-refractivity contribution in [1.29, 1.82) is 0 Å². The highest BCUT2D eigenvalue weighted by molar-refractivity contribution is 5.45. The Labute approximate surface area is 115 Å². The maximum absolute atomic E-state index is 13.8. The van der Waals surface area contributed by atoms with Crippen molar-refractivity contribution < 1.29 is 14.1 Å². The van der Waals surface area contributed by atoms with E-state index < -0.39 is 16.4 Å². The molecule has 0 saturated heterocycles. The van der Waals surface area contributed by atoms with Crippen LogP contribution in [0, 0.1) is 15.9 Å². The molecule has 20 heavy (non-hydrogen) atoms. The van der Waals surface area contributed by atoms with E-state index >= 15 is 0 Å². The lowest BCUT2D eigenvalue weighted by molar-refractivity contribution is -0.387. The van der Waals surface area contributed by atoms with Gasteiger partial charge in [-0.1, -0.05) is 12.1 Å². The van der Waals surface area contributed by atoms with E-state index in [0.29, 0.717) is 5.75 Å². The fraction of sp³-hybridized carbons (Fsp3) is 0.143. The van der Waals surface area contributed by atoms with Crippen LogP contribution in [-0.2, 0) is 6.61 Å². The highest BCUT2D eigenvalue weighted by Crippen LogP contribution is 2.22. The number of hydrogen-bond acceptors (Lipinski definition) is 4. The Morgan fingerprint density at radius 1 is 1.25 bits per heavy atom. The lowest BCUT2D eigenvalue weighted by Crippen LogP contribution is -2.01. The van der Waals surface area contributed by atoms with Crippen LogP contribution in [0.4, 0.5) is 15.8 Å². The molecule has 0 heterocycles. The fourth-order valence-corrected chi connectivity index (χ4v) is 1.70. The smallest absolute Gasteiger partial charge is 0.305 e. The number of halogens is 1. The third-order valence-corrected chi connectivity index (χ3v) is 2.79. The number of nitrogens with one attached hydrogen (secondary N) is 1. The van der Waals surface area contributed by atoms with Crippen molar-refractivity contribution in [2.45, 2.75) is 6.61 Å². The minimum atomic E-state index is -0.857. The molecule has 2 aromatic rings. The van der Waals surface area contributed by atoms with Crippen molar-refractivity contribution in [1.82, 2.24) is 0 Å². The summed E-state index contributed by atoms with van der Waals surface area (Å²) in [6.07, 6.45) is 0. The lowest BCUT2D eigenvalue weighted by atomic mass is 10.2. The van der Waals surface area contributed by atoms with E-state index in [-0.39, 0.29) is 12.2 Å². The van der Waals surface area contributed by atoms with Crippen LogP contribution in [0.3, 0.4) is 0 Å². The first-order valence-electron chi connectivity index (χ1n) is 5.94. The molecular formula is C14H13FN2O3. The fourth-order valence-electron chi connectivity index (χ4n) is 1.70. The number of nitro groups is 1. The SMILES string of the molecule is CNc1ccc(OCc2cccc([N+](=O)[O-])c2F)cc1. The van der Waals surface area contributed by atoms with Gasteiger partial charge in [0.2, 0.25) is 5.82 Å². The minimum absolute atomic E-state index is 0.0631. The van der Waals surface area contributed by atoms with Crippen molar-refractivity contribution >= 4 is 11.4 Å². The number of anilines is 1. The van der Waals surface area contributed by atoms with Gasteiger partial charge in [-0.2, -0.15) is 4.39 Å². The molecule has 0 unspecified atom stereocenters. The molecule has 5 nitrogen and oxygen atoms in total. The van der Waals surface area contributed by atoms with Crippen molar-refractivity contribution in [2.75, 3.05) is 12.4 Å². The van der Waals surface area contributed by atoms with Crippen molar-refractivity contribution in [2.24, 2.45) is 0 Å². The number of ether oxygens (including phenoxy) is 1. The van der Waals surface area contributed by atoms with Gasteiger partial charge in [0.1, 0.15) is 12.4 Å². The molecule has 0 spiro atoms. The second kappa shape index (κ2) is 6.01. The molecule has 0 aliphatic rings. The molecule has 2 aromatic carbocycles. The summed E-state index contributed by atoms with van der Waals surface area (Å²) in [6.45, 7) is -0.0631. The quantitative estimate of drug-likeness (QED) is 0.671. The highest BCUT2D eigenvalue weighted by Gasteiger charge is 2.17. The average Bonchev–Trinajstić information content (AvgIpc) is 2.46. The number of hydrogen-bond donors (Lipinski definition) is 1. The molecule has 0 aromatic heterocycles. The molecule has 104 valence electrons. The van der Waals surface area contributed by atoms with Crippen molar-refractivity contribution in [3.05, 3.63) is 64.0 Å². The number of nitrogens with zero attached hydrogens (tertiary/aromatic N) is 1. The van der Waals surface area contributed by atoms with Crippen molar-refractivity contribution in [3.8, 4) is 5.75 Å². The maximum Gasteiger partial charge on any atom is 0.305 e. The Morgan fingerprint density at radius 3 is 2.55 bits per heavy atom. The molecule has 0 atom stereocenters. The van der Waals surface area contributed by atoms with Crippen LogP contribution in [0.25, 0.3) is 0 Å². The van der Waals surface area contributed by atoms with Gasteiger partial charge in [0, 0.05) is 24.4 Å². The zero-order valence-electron chi connectivity index (χ0n) is 10.8. The predicted molar refractivity (Wildman–Crippen MR) is 73.4 cm³/mol. The van der Waals surface area contributed by atoms with Crippen LogP contribution >= 0.6 is 0 Å². The van der Waals surface area contributed by atoms with Crippen LogP contribution < -0.4 is 10.1 Å². The van der Waals surface area contributed by atoms with E-state index in [9.17, 15) is 14.5 Å². The summed E-state index contributed by atoms with van der Waals surface area (Å²) in [5, 5.41) is 13.6. The molecule has 0 fully saturated rings.